The van der Waals surface area contributed by atoms with E-state index in [4.69, 9.17) is 10.5 Å². The Kier molecular flexibility index (Phi) is 5.37. The van der Waals surface area contributed by atoms with Crippen molar-refractivity contribution in [2.75, 3.05) is 7.11 Å². The van der Waals surface area contributed by atoms with Gasteiger partial charge in [0.05, 0.1) is 11.6 Å². The molecule has 2 rings (SSSR count). The van der Waals surface area contributed by atoms with Gasteiger partial charge in [-0.2, -0.15) is 0 Å². The van der Waals surface area contributed by atoms with Crippen LogP contribution in [0.1, 0.15) is 45.6 Å². The number of hydrogen-bond donors (Lipinski definition) is 1. The van der Waals surface area contributed by atoms with Crippen LogP contribution < -0.4 is 10.5 Å². The summed E-state index contributed by atoms with van der Waals surface area (Å²) in [6.45, 7) is 7.06. The minimum absolute atomic E-state index is 0.230. The van der Waals surface area contributed by atoms with E-state index in [0.29, 0.717) is 12.0 Å². The van der Waals surface area contributed by atoms with Crippen molar-refractivity contribution in [2.24, 2.45) is 23.0 Å². The second-order valence-electron chi connectivity index (χ2n) is 7.32. The fourth-order valence-electron chi connectivity index (χ4n) is 3.87. The predicted molar refractivity (Wildman–Crippen MR) is 92.7 cm³/mol. The number of rotatable bonds is 4. The van der Waals surface area contributed by atoms with Gasteiger partial charge in [-0.1, -0.05) is 33.3 Å². The van der Waals surface area contributed by atoms with Crippen LogP contribution in [0.3, 0.4) is 0 Å². The third-order valence-electron chi connectivity index (χ3n) is 5.04. The molecule has 0 saturated heterocycles. The summed E-state index contributed by atoms with van der Waals surface area (Å²) in [5.41, 5.74) is 8.03. The van der Waals surface area contributed by atoms with E-state index in [1.54, 1.807) is 7.11 Å². The Balaban J connectivity index is 2.11. The van der Waals surface area contributed by atoms with Gasteiger partial charge in [0, 0.05) is 6.04 Å². The van der Waals surface area contributed by atoms with E-state index in [2.05, 4.69) is 48.8 Å². The summed E-state index contributed by atoms with van der Waals surface area (Å²) in [6.07, 6.45) is 4.80. The van der Waals surface area contributed by atoms with Gasteiger partial charge in [0.2, 0.25) is 0 Å². The van der Waals surface area contributed by atoms with Crippen molar-refractivity contribution >= 4 is 15.9 Å². The van der Waals surface area contributed by atoms with Crippen molar-refractivity contribution in [3.8, 4) is 5.75 Å². The van der Waals surface area contributed by atoms with E-state index in [1.807, 2.05) is 6.07 Å². The lowest BCUT2D eigenvalue weighted by Gasteiger charge is -2.43. The van der Waals surface area contributed by atoms with E-state index in [1.165, 1.54) is 24.8 Å². The minimum atomic E-state index is 0.230. The van der Waals surface area contributed by atoms with Crippen LogP contribution in [-0.4, -0.2) is 13.2 Å². The molecule has 0 amide bonds. The average Bonchev–Trinajstić information content (AvgIpc) is 2.37. The highest BCUT2D eigenvalue weighted by atomic mass is 79.9. The third-order valence-corrected chi connectivity index (χ3v) is 5.66. The fourth-order valence-corrected chi connectivity index (χ4v) is 4.46. The number of ether oxygens (including phenoxy) is 1. The molecule has 3 unspecified atom stereocenters. The minimum Gasteiger partial charge on any atom is -0.496 e. The molecule has 0 radical (unpaired) electrons. The van der Waals surface area contributed by atoms with Gasteiger partial charge in [0.1, 0.15) is 5.75 Å². The van der Waals surface area contributed by atoms with Gasteiger partial charge in [-0.15, -0.1) is 0 Å². The molecule has 0 aliphatic heterocycles. The second kappa shape index (κ2) is 6.70. The molecule has 1 fully saturated rings. The first-order valence-electron chi connectivity index (χ1n) is 7.91. The van der Waals surface area contributed by atoms with Crippen molar-refractivity contribution < 1.29 is 4.74 Å². The fraction of sp³-hybridized carbons (Fsp3) is 0.667. The van der Waals surface area contributed by atoms with Crippen LogP contribution >= 0.6 is 15.9 Å². The topological polar surface area (TPSA) is 35.2 Å². The largest absolute Gasteiger partial charge is 0.496 e. The normalized spacial score (nSPS) is 26.7. The molecule has 118 valence electrons. The van der Waals surface area contributed by atoms with Crippen LogP contribution in [0.25, 0.3) is 0 Å². The highest BCUT2D eigenvalue weighted by Crippen LogP contribution is 2.42. The first kappa shape index (κ1) is 16.8. The number of halogens is 1. The lowest BCUT2D eigenvalue weighted by atomic mass is 9.64. The lowest BCUT2D eigenvalue weighted by Crippen LogP contribution is -2.44. The van der Waals surface area contributed by atoms with E-state index in [9.17, 15) is 0 Å². The maximum absolute atomic E-state index is 6.46. The molecule has 3 atom stereocenters. The number of nitrogens with two attached hydrogens (primary N) is 1. The highest BCUT2D eigenvalue weighted by molar-refractivity contribution is 9.10. The molecule has 3 heteroatoms. The zero-order valence-electron chi connectivity index (χ0n) is 13.7. The summed E-state index contributed by atoms with van der Waals surface area (Å²) in [5, 5.41) is 0. The summed E-state index contributed by atoms with van der Waals surface area (Å²) in [4.78, 5) is 0. The zero-order valence-corrected chi connectivity index (χ0v) is 15.2. The molecule has 0 aromatic heterocycles. The monoisotopic (exact) mass is 353 g/mol. The quantitative estimate of drug-likeness (QED) is 0.844. The molecule has 1 aromatic carbocycles. The van der Waals surface area contributed by atoms with Gasteiger partial charge < -0.3 is 10.5 Å². The second-order valence-corrected chi connectivity index (χ2v) is 8.18. The van der Waals surface area contributed by atoms with Crippen LogP contribution in [0, 0.1) is 17.3 Å². The standard InChI is InChI=1S/C18H28BrNO/c1-12-5-7-14(16(20)9-12)18(2,3)11-13-6-8-17(21-4)15(19)10-13/h6,8,10,12,14,16H,5,7,9,11,20H2,1-4H3. The van der Waals surface area contributed by atoms with Crippen molar-refractivity contribution in [1.82, 2.24) is 0 Å². The molecular formula is C18H28BrNO. The predicted octanol–water partition coefficient (Wildman–Crippen LogP) is 4.79. The highest BCUT2D eigenvalue weighted by Gasteiger charge is 2.37. The van der Waals surface area contributed by atoms with Crippen LogP contribution in [0.2, 0.25) is 0 Å². The Bertz CT molecular complexity index is 486. The maximum Gasteiger partial charge on any atom is 0.133 e. The molecule has 1 saturated carbocycles. The van der Waals surface area contributed by atoms with E-state index < -0.39 is 0 Å². The smallest absolute Gasteiger partial charge is 0.133 e. The van der Waals surface area contributed by atoms with Crippen LogP contribution in [0.4, 0.5) is 0 Å². The Morgan fingerprint density at radius 2 is 2.05 bits per heavy atom. The zero-order chi connectivity index (χ0) is 15.6. The van der Waals surface area contributed by atoms with Gasteiger partial charge in [0.15, 0.2) is 0 Å². The molecule has 21 heavy (non-hydrogen) atoms. The summed E-state index contributed by atoms with van der Waals surface area (Å²) in [7, 11) is 1.70. The van der Waals surface area contributed by atoms with Gasteiger partial charge in [0.25, 0.3) is 0 Å². The summed E-state index contributed by atoms with van der Waals surface area (Å²) < 4.78 is 6.34. The van der Waals surface area contributed by atoms with Crippen LogP contribution in [0.5, 0.6) is 5.75 Å². The molecule has 1 aromatic rings. The van der Waals surface area contributed by atoms with E-state index >= 15 is 0 Å². The lowest BCUT2D eigenvalue weighted by molar-refractivity contribution is 0.113. The van der Waals surface area contributed by atoms with Gasteiger partial charge in [-0.25, -0.2) is 0 Å². The van der Waals surface area contributed by atoms with Crippen LogP contribution in [0.15, 0.2) is 22.7 Å². The SMILES string of the molecule is COc1ccc(CC(C)(C)C2CCC(C)CC2N)cc1Br. The van der Waals surface area contributed by atoms with Gasteiger partial charge >= 0.3 is 0 Å². The molecular weight excluding hydrogens is 326 g/mol. The summed E-state index contributed by atoms with van der Waals surface area (Å²) in [6, 6.07) is 6.73. The first-order valence-corrected chi connectivity index (χ1v) is 8.71. The van der Waals surface area contributed by atoms with Crippen molar-refractivity contribution in [3.05, 3.63) is 28.2 Å². The van der Waals surface area contributed by atoms with E-state index in [-0.39, 0.29) is 5.41 Å². The van der Waals surface area contributed by atoms with Crippen molar-refractivity contribution in [2.45, 2.75) is 52.5 Å². The molecule has 1 aliphatic rings. The summed E-state index contributed by atoms with van der Waals surface area (Å²) >= 11 is 3.58. The third kappa shape index (κ3) is 4.01. The van der Waals surface area contributed by atoms with Gasteiger partial charge in [-0.05, 0) is 70.1 Å². The molecule has 0 spiro atoms. The Morgan fingerprint density at radius 3 is 2.62 bits per heavy atom. The van der Waals surface area contributed by atoms with Gasteiger partial charge in [-0.3, -0.25) is 0 Å². The molecule has 2 N–H and O–H groups in total. The molecule has 1 aliphatic carbocycles. The summed E-state index contributed by atoms with van der Waals surface area (Å²) in [5.74, 6) is 2.27. The average molecular weight is 354 g/mol. The molecule has 2 nitrogen and oxygen atoms in total. The van der Waals surface area contributed by atoms with Crippen molar-refractivity contribution in [3.63, 3.8) is 0 Å². The number of methoxy groups -OCH3 is 1. The Morgan fingerprint density at radius 1 is 1.33 bits per heavy atom. The molecule has 0 heterocycles. The maximum atomic E-state index is 6.46. The molecule has 0 bridgehead atoms. The Labute approximate surface area is 137 Å². The van der Waals surface area contributed by atoms with Crippen molar-refractivity contribution in [1.29, 1.82) is 0 Å². The first-order chi connectivity index (χ1) is 9.83. The number of benzene rings is 1. The number of hydrogen-bond acceptors (Lipinski definition) is 2. The van der Waals surface area contributed by atoms with E-state index in [0.717, 1.165) is 22.6 Å². The Hall–Kier alpha value is -0.540. The van der Waals surface area contributed by atoms with Crippen LogP contribution in [-0.2, 0) is 6.42 Å².